The zero-order valence-corrected chi connectivity index (χ0v) is 12.6. The lowest BCUT2D eigenvalue weighted by atomic mass is 10.1. The van der Waals surface area contributed by atoms with Crippen LogP contribution >= 0.6 is 0 Å². The molecule has 20 heavy (non-hydrogen) atoms. The van der Waals surface area contributed by atoms with Crippen LogP contribution < -0.4 is 15.0 Å². The maximum absolute atomic E-state index is 5.64. The molecule has 6 heteroatoms. The van der Waals surface area contributed by atoms with E-state index in [1.807, 2.05) is 6.92 Å². The molecule has 0 bridgehead atoms. The lowest BCUT2D eigenvalue weighted by molar-refractivity contribution is 0.284. The number of hydrogen-bond donors (Lipinski definition) is 1. The molecule has 1 aliphatic heterocycles. The van der Waals surface area contributed by atoms with E-state index in [1.54, 1.807) is 0 Å². The zero-order chi connectivity index (χ0) is 14.2. The van der Waals surface area contributed by atoms with Crippen molar-refractivity contribution < 1.29 is 4.74 Å². The molecule has 0 radical (unpaired) electrons. The third-order valence-corrected chi connectivity index (χ3v) is 3.31. The molecule has 112 valence electrons. The molecule has 0 aliphatic carbocycles. The van der Waals surface area contributed by atoms with Gasteiger partial charge in [0.05, 0.1) is 6.61 Å². The summed E-state index contributed by atoms with van der Waals surface area (Å²) < 4.78 is 5.64. The molecule has 1 aromatic heterocycles. The predicted molar refractivity (Wildman–Crippen MR) is 80.5 cm³/mol. The van der Waals surface area contributed by atoms with Gasteiger partial charge in [0.25, 0.3) is 0 Å². The summed E-state index contributed by atoms with van der Waals surface area (Å²) in [4.78, 5) is 15.5. The molecule has 2 heterocycles. The molecule has 1 saturated heterocycles. The Morgan fingerprint density at radius 1 is 1.10 bits per heavy atom. The van der Waals surface area contributed by atoms with Crippen LogP contribution in [0.5, 0.6) is 6.01 Å². The van der Waals surface area contributed by atoms with Crippen LogP contribution in [0, 0.1) is 0 Å². The molecule has 0 saturated carbocycles. The molecular formula is C14H25N5O. The van der Waals surface area contributed by atoms with Crippen molar-refractivity contribution in [1.29, 1.82) is 0 Å². The smallest absolute Gasteiger partial charge is 0.323 e. The van der Waals surface area contributed by atoms with E-state index in [2.05, 4.69) is 32.1 Å². The maximum Gasteiger partial charge on any atom is 0.323 e. The molecule has 0 aromatic carbocycles. The van der Waals surface area contributed by atoms with Crippen molar-refractivity contribution in [2.24, 2.45) is 0 Å². The first kappa shape index (κ1) is 14.8. The minimum Gasteiger partial charge on any atom is -0.463 e. The largest absolute Gasteiger partial charge is 0.463 e. The van der Waals surface area contributed by atoms with Crippen LogP contribution in [-0.4, -0.2) is 41.2 Å². The van der Waals surface area contributed by atoms with Gasteiger partial charge >= 0.3 is 6.01 Å². The van der Waals surface area contributed by atoms with Crippen LogP contribution in [0.15, 0.2) is 0 Å². The number of hydrogen-bond acceptors (Lipinski definition) is 6. The van der Waals surface area contributed by atoms with Gasteiger partial charge in [-0.1, -0.05) is 13.3 Å². The van der Waals surface area contributed by atoms with Crippen molar-refractivity contribution in [3.05, 3.63) is 0 Å². The van der Waals surface area contributed by atoms with E-state index in [1.165, 1.54) is 19.3 Å². The van der Waals surface area contributed by atoms with Crippen LogP contribution in [0.4, 0.5) is 11.9 Å². The maximum atomic E-state index is 5.64. The molecule has 1 N–H and O–H groups in total. The highest BCUT2D eigenvalue weighted by atomic mass is 16.5. The number of piperidine rings is 1. The van der Waals surface area contributed by atoms with E-state index < -0.39 is 0 Å². The van der Waals surface area contributed by atoms with Gasteiger partial charge in [-0.25, -0.2) is 0 Å². The molecule has 0 spiro atoms. The van der Waals surface area contributed by atoms with E-state index in [0.717, 1.165) is 38.4 Å². The van der Waals surface area contributed by atoms with E-state index in [-0.39, 0.29) is 0 Å². The van der Waals surface area contributed by atoms with Crippen LogP contribution in [0.2, 0.25) is 0 Å². The van der Waals surface area contributed by atoms with Gasteiger partial charge in [-0.05, 0) is 32.6 Å². The van der Waals surface area contributed by atoms with E-state index in [4.69, 9.17) is 4.74 Å². The van der Waals surface area contributed by atoms with E-state index >= 15 is 0 Å². The van der Waals surface area contributed by atoms with Gasteiger partial charge in [-0.3, -0.25) is 0 Å². The van der Waals surface area contributed by atoms with Gasteiger partial charge in [0.1, 0.15) is 0 Å². The Bertz CT molecular complexity index is 407. The fourth-order valence-corrected chi connectivity index (χ4v) is 2.19. The summed E-state index contributed by atoms with van der Waals surface area (Å²) in [6.07, 6.45) is 5.81. The number of ether oxygens (including phenoxy) is 1. The van der Waals surface area contributed by atoms with Crippen LogP contribution in [0.25, 0.3) is 0 Å². The second kappa shape index (κ2) is 7.87. The van der Waals surface area contributed by atoms with Gasteiger partial charge in [0.2, 0.25) is 11.9 Å². The highest BCUT2D eigenvalue weighted by Crippen LogP contribution is 2.19. The summed E-state index contributed by atoms with van der Waals surface area (Å²) in [5.41, 5.74) is 0. The Hall–Kier alpha value is -1.59. The quantitative estimate of drug-likeness (QED) is 0.774. The number of nitrogens with one attached hydrogen (secondary N) is 1. The van der Waals surface area contributed by atoms with Gasteiger partial charge < -0.3 is 15.0 Å². The highest BCUT2D eigenvalue weighted by Gasteiger charge is 2.16. The summed E-state index contributed by atoms with van der Waals surface area (Å²) in [6, 6.07) is 0.435. The van der Waals surface area contributed by atoms with Gasteiger partial charge in [0.15, 0.2) is 0 Å². The Balaban J connectivity index is 2.11. The Kier molecular flexibility index (Phi) is 5.83. The molecule has 1 aromatic rings. The standard InChI is InChI=1S/C14H25N5O/c1-3-5-11-20-14-17-12(15-4-2)16-13(18-14)19-9-7-6-8-10-19/h3-11H2,1-2H3,(H,15,16,17,18). The lowest BCUT2D eigenvalue weighted by Crippen LogP contribution is -2.31. The minimum atomic E-state index is 0.435. The average Bonchev–Trinajstić information content (AvgIpc) is 2.49. The van der Waals surface area contributed by atoms with Gasteiger partial charge in [0, 0.05) is 19.6 Å². The predicted octanol–water partition coefficient (Wildman–Crippen LogP) is 2.47. The lowest BCUT2D eigenvalue weighted by Gasteiger charge is -2.26. The average molecular weight is 279 g/mol. The van der Waals surface area contributed by atoms with Gasteiger partial charge in [-0.2, -0.15) is 15.0 Å². The summed E-state index contributed by atoms with van der Waals surface area (Å²) in [5.74, 6) is 1.34. The second-order valence-corrected chi connectivity index (χ2v) is 5.02. The third-order valence-electron chi connectivity index (χ3n) is 3.31. The first-order valence-electron chi connectivity index (χ1n) is 7.71. The first-order valence-corrected chi connectivity index (χ1v) is 7.71. The Labute approximate surface area is 121 Å². The second-order valence-electron chi connectivity index (χ2n) is 5.02. The molecule has 6 nitrogen and oxygen atoms in total. The zero-order valence-electron chi connectivity index (χ0n) is 12.6. The number of nitrogens with zero attached hydrogens (tertiary/aromatic N) is 4. The number of unbranched alkanes of at least 4 members (excludes halogenated alkanes) is 1. The molecular weight excluding hydrogens is 254 g/mol. The number of rotatable bonds is 7. The SMILES string of the molecule is CCCCOc1nc(NCC)nc(N2CCCCC2)n1. The minimum absolute atomic E-state index is 0.435. The topological polar surface area (TPSA) is 63.2 Å². The monoisotopic (exact) mass is 279 g/mol. The van der Waals surface area contributed by atoms with Crippen LogP contribution in [0.1, 0.15) is 46.0 Å². The third kappa shape index (κ3) is 4.21. The highest BCUT2D eigenvalue weighted by molar-refractivity contribution is 5.38. The van der Waals surface area contributed by atoms with Crippen molar-refractivity contribution >= 4 is 11.9 Å². The van der Waals surface area contributed by atoms with Crippen molar-refractivity contribution in [2.45, 2.75) is 46.0 Å². The normalized spacial score (nSPS) is 15.2. The summed E-state index contributed by atoms with van der Waals surface area (Å²) in [6.45, 7) is 7.65. The number of anilines is 2. The summed E-state index contributed by atoms with van der Waals surface area (Å²) >= 11 is 0. The molecule has 0 unspecified atom stereocenters. The van der Waals surface area contributed by atoms with E-state index in [0.29, 0.717) is 18.6 Å². The number of aromatic nitrogens is 3. The van der Waals surface area contributed by atoms with Crippen molar-refractivity contribution in [3.8, 4) is 6.01 Å². The fourth-order valence-electron chi connectivity index (χ4n) is 2.19. The molecule has 1 fully saturated rings. The fraction of sp³-hybridized carbons (Fsp3) is 0.786. The Morgan fingerprint density at radius 3 is 2.60 bits per heavy atom. The van der Waals surface area contributed by atoms with Crippen molar-refractivity contribution in [1.82, 2.24) is 15.0 Å². The summed E-state index contributed by atoms with van der Waals surface area (Å²) in [7, 11) is 0. The van der Waals surface area contributed by atoms with Crippen molar-refractivity contribution in [2.75, 3.05) is 36.5 Å². The van der Waals surface area contributed by atoms with E-state index in [9.17, 15) is 0 Å². The first-order chi connectivity index (χ1) is 9.83. The summed E-state index contributed by atoms with van der Waals surface area (Å²) in [5, 5.41) is 3.15. The molecule has 1 aliphatic rings. The Morgan fingerprint density at radius 2 is 1.90 bits per heavy atom. The van der Waals surface area contributed by atoms with Crippen LogP contribution in [0.3, 0.4) is 0 Å². The van der Waals surface area contributed by atoms with Crippen LogP contribution in [-0.2, 0) is 0 Å². The van der Waals surface area contributed by atoms with Crippen molar-refractivity contribution in [3.63, 3.8) is 0 Å². The van der Waals surface area contributed by atoms with Gasteiger partial charge in [-0.15, -0.1) is 0 Å². The molecule has 0 atom stereocenters. The molecule has 2 rings (SSSR count). The molecule has 0 amide bonds.